The number of methoxy groups -OCH3 is 1. The fourth-order valence-electron chi connectivity index (χ4n) is 1.86. The zero-order chi connectivity index (χ0) is 13.1. The van der Waals surface area contributed by atoms with Crippen LogP contribution >= 0.6 is 0 Å². The smallest absolute Gasteiger partial charge is 0.184 e. The van der Waals surface area contributed by atoms with Crippen molar-refractivity contribution < 1.29 is 9.53 Å². The van der Waals surface area contributed by atoms with Gasteiger partial charge in [0, 0.05) is 11.3 Å². The highest BCUT2D eigenvalue weighted by Gasteiger charge is 2.10. The number of ether oxygens (including phenoxy) is 1. The van der Waals surface area contributed by atoms with Crippen LogP contribution < -0.4 is 4.74 Å². The summed E-state index contributed by atoms with van der Waals surface area (Å²) in [5.41, 5.74) is 2.55. The highest BCUT2D eigenvalue weighted by Crippen LogP contribution is 2.14. The minimum Gasteiger partial charge on any atom is -0.497 e. The first-order chi connectivity index (χ1) is 8.60. The van der Waals surface area contributed by atoms with Crippen LogP contribution in [0.3, 0.4) is 0 Å². The average Bonchev–Trinajstić information content (AvgIpc) is 2.68. The monoisotopic (exact) mass is 244 g/mol. The molecule has 0 atom stereocenters. The topological polar surface area (TPSA) is 44.1 Å². The lowest BCUT2D eigenvalue weighted by Gasteiger charge is -2.05. The van der Waals surface area contributed by atoms with Crippen molar-refractivity contribution in [2.75, 3.05) is 7.11 Å². The molecule has 0 aliphatic rings. The molecule has 18 heavy (non-hydrogen) atoms. The normalized spacial score (nSPS) is 10.4. The number of aromatic nitrogens is 2. The Kier molecular flexibility index (Phi) is 3.46. The molecule has 0 unspecified atom stereocenters. The molecule has 0 saturated heterocycles. The molecule has 0 bridgehead atoms. The van der Waals surface area contributed by atoms with Gasteiger partial charge in [-0.3, -0.25) is 9.48 Å². The van der Waals surface area contributed by atoms with Crippen molar-refractivity contribution in [1.82, 2.24) is 9.78 Å². The van der Waals surface area contributed by atoms with Gasteiger partial charge in [-0.2, -0.15) is 5.10 Å². The molecule has 0 N–H and O–H groups in total. The molecule has 0 aliphatic heterocycles. The van der Waals surface area contributed by atoms with Gasteiger partial charge in [0.15, 0.2) is 5.78 Å². The highest BCUT2D eigenvalue weighted by molar-refractivity contribution is 5.96. The van der Waals surface area contributed by atoms with Gasteiger partial charge in [0.05, 0.1) is 12.8 Å². The second-order valence-corrected chi connectivity index (χ2v) is 4.24. The van der Waals surface area contributed by atoms with Crippen molar-refractivity contribution in [3.8, 4) is 5.75 Å². The van der Waals surface area contributed by atoms with Crippen LogP contribution in [0, 0.1) is 13.8 Å². The third-order valence-electron chi connectivity index (χ3n) is 2.79. The van der Waals surface area contributed by atoms with E-state index in [2.05, 4.69) is 5.10 Å². The maximum atomic E-state index is 12.1. The largest absolute Gasteiger partial charge is 0.497 e. The van der Waals surface area contributed by atoms with E-state index in [9.17, 15) is 4.79 Å². The van der Waals surface area contributed by atoms with Gasteiger partial charge in [0.2, 0.25) is 0 Å². The number of hydrogen-bond acceptors (Lipinski definition) is 3. The molecule has 1 heterocycles. The fraction of sp³-hybridized carbons (Fsp3) is 0.286. The van der Waals surface area contributed by atoms with E-state index in [0.29, 0.717) is 11.3 Å². The minimum absolute atomic E-state index is 0.0279. The van der Waals surface area contributed by atoms with Crippen molar-refractivity contribution in [2.45, 2.75) is 20.4 Å². The van der Waals surface area contributed by atoms with Crippen molar-refractivity contribution in [3.63, 3.8) is 0 Å². The second-order valence-electron chi connectivity index (χ2n) is 4.24. The molecule has 4 heteroatoms. The standard InChI is InChI=1S/C14H16N2O2/c1-10-7-11(2)16(15-10)9-14(17)12-5-4-6-13(8-12)18-3/h4-8H,9H2,1-3H3. The SMILES string of the molecule is COc1cccc(C(=O)Cn2nc(C)cc2C)c1. The van der Waals surface area contributed by atoms with E-state index in [1.807, 2.05) is 32.0 Å². The zero-order valence-electron chi connectivity index (χ0n) is 10.8. The lowest BCUT2D eigenvalue weighted by molar-refractivity contribution is 0.0966. The van der Waals surface area contributed by atoms with Gasteiger partial charge in [0.25, 0.3) is 0 Å². The lowest BCUT2D eigenvalue weighted by atomic mass is 10.1. The van der Waals surface area contributed by atoms with E-state index in [1.165, 1.54) is 0 Å². The fourth-order valence-corrected chi connectivity index (χ4v) is 1.86. The van der Waals surface area contributed by atoms with Gasteiger partial charge in [0.1, 0.15) is 12.3 Å². The molecule has 2 aromatic rings. The first-order valence-electron chi connectivity index (χ1n) is 5.78. The number of hydrogen-bond donors (Lipinski definition) is 0. The number of aryl methyl sites for hydroxylation is 2. The van der Waals surface area contributed by atoms with Crippen LogP contribution in [0.4, 0.5) is 0 Å². The van der Waals surface area contributed by atoms with Gasteiger partial charge in [-0.1, -0.05) is 12.1 Å². The predicted molar refractivity (Wildman–Crippen MR) is 69.0 cm³/mol. The average molecular weight is 244 g/mol. The first kappa shape index (κ1) is 12.4. The maximum absolute atomic E-state index is 12.1. The molecule has 4 nitrogen and oxygen atoms in total. The van der Waals surface area contributed by atoms with Gasteiger partial charge in [-0.15, -0.1) is 0 Å². The molecule has 0 aliphatic carbocycles. The molecule has 0 amide bonds. The Balaban J connectivity index is 2.19. The summed E-state index contributed by atoms with van der Waals surface area (Å²) in [5.74, 6) is 0.717. The van der Waals surface area contributed by atoms with Gasteiger partial charge < -0.3 is 4.74 Å². The van der Waals surface area contributed by atoms with E-state index in [0.717, 1.165) is 11.4 Å². The van der Waals surface area contributed by atoms with Gasteiger partial charge >= 0.3 is 0 Å². The van der Waals surface area contributed by atoms with E-state index < -0.39 is 0 Å². The Morgan fingerprint density at radius 1 is 1.33 bits per heavy atom. The Morgan fingerprint density at radius 2 is 2.11 bits per heavy atom. The summed E-state index contributed by atoms with van der Waals surface area (Å²) >= 11 is 0. The number of ketones is 1. The maximum Gasteiger partial charge on any atom is 0.184 e. The number of benzene rings is 1. The summed E-state index contributed by atoms with van der Waals surface area (Å²) in [7, 11) is 1.59. The third kappa shape index (κ3) is 2.59. The number of carbonyl (C=O) groups excluding carboxylic acids is 1. The second kappa shape index (κ2) is 5.04. The molecule has 0 spiro atoms. The van der Waals surface area contributed by atoms with Crippen LogP contribution in [0.1, 0.15) is 21.7 Å². The van der Waals surface area contributed by atoms with E-state index >= 15 is 0 Å². The van der Waals surface area contributed by atoms with Crippen molar-refractivity contribution in [1.29, 1.82) is 0 Å². The van der Waals surface area contributed by atoms with E-state index in [-0.39, 0.29) is 12.3 Å². The first-order valence-corrected chi connectivity index (χ1v) is 5.78. The van der Waals surface area contributed by atoms with Crippen LogP contribution in [0.2, 0.25) is 0 Å². The molecule has 1 aromatic carbocycles. The summed E-state index contributed by atoms with van der Waals surface area (Å²) in [5, 5.41) is 4.28. The van der Waals surface area contributed by atoms with Crippen molar-refractivity contribution in [3.05, 3.63) is 47.3 Å². The number of Topliss-reactive ketones (excluding diaryl/α,β-unsaturated/α-hetero) is 1. The molecular formula is C14H16N2O2. The molecule has 2 rings (SSSR count). The molecule has 0 fully saturated rings. The Bertz CT molecular complexity index is 573. The highest BCUT2D eigenvalue weighted by atomic mass is 16.5. The quantitative estimate of drug-likeness (QED) is 0.776. The van der Waals surface area contributed by atoms with Crippen LogP contribution in [0.25, 0.3) is 0 Å². The van der Waals surface area contributed by atoms with E-state index in [1.54, 1.807) is 23.9 Å². The molecule has 0 radical (unpaired) electrons. The number of nitrogens with zero attached hydrogens (tertiary/aromatic N) is 2. The van der Waals surface area contributed by atoms with Crippen LogP contribution in [-0.2, 0) is 6.54 Å². The summed E-state index contributed by atoms with van der Waals surface area (Å²) in [6.45, 7) is 4.12. The van der Waals surface area contributed by atoms with Crippen molar-refractivity contribution in [2.24, 2.45) is 0 Å². The summed E-state index contributed by atoms with van der Waals surface area (Å²) in [4.78, 5) is 12.1. The van der Waals surface area contributed by atoms with Crippen LogP contribution in [0.15, 0.2) is 30.3 Å². The lowest BCUT2D eigenvalue weighted by Crippen LogP contribution is -2.13. The summed E-state index contributed by atoms with van der Waals surface area (Å²) in [6.07, 6.45) is 0. The third-order valence-corrected chi connectivity index (χ3v) is 2.79. The minimum atomic E-state index is 0.0279. The summed E-state index contributed by atoms with van der Waals surface area (Å²) < 4.78 is 6.83. The van der Waals surface area contributed by atoms with Gasteiger partial charge in [-0.25, -0.2) is 0 Å². The summed E-state index contributed by atoms with van der Waals surface area (Å²) in [6, 6.07) is 9.12. The van der Waals surface area contributed by atoms with E-state index in [4.69, 9.17) is 4.74 Å². The van der Waals surface area contributed by atoms with Gasteiger partial charge in [-0.05, 0) is 32.0 Å². The van der Waals surface area contributed by atoms with Crippen LogP contribution in [0.5, 0.6) is 5.75 Å². The zero-order valence-corrected chi connectivity index (χ0v) is 10.8. The molecule has 1 aromatic heterocycles. The van der Waals surface area contributed by atoms with Crippen molar-refractivity contribution >= 4 is 5.78 Å². The molecular weight excluding hydrogens is 228 g/mol. The Hall–Kier alpha value is -2.10. The number of rotatable bonds is 4. The molecule has 94 valence electrons. The Morgan fingerprint density at radius 3 is 2.72 bits per heavy atom. The van der Waals surface area contributed by atoms with Crippen LogP contribution in [-0.4, -0.2) is 22.7 Å². The Labute approximate surface area is 106 Å². The molecule has 0 saturated carbocycles. The predicted octanol–water partition coefficient (Wildman–Crippen LogP) is 2.39. The number of carbonyl (C=O) groups is 1.